The number of aryl methyl sites for hydroxylation is 1. The minimum absolute atomic E-state index is 0.0585. The molecule has 0 aliphatic rings. The van der Waals surface area contributed by atoms with Crippen LogP contribution >= 0.6 is 11.6 Å². The molecule has 2 amide bonds. The Morgan fingerprint density at radius 3 is 2.08 bits per heavy atom. The van der Waals surface area contributed by atoms with E-state index in [9.17, 15) is 18.0 Å². The van der Waals surface area contributed by atoms with Gasteiger partial charge in [0, 0.05) is 18.1 Å². The van der Waals surface area contributed by atoms with Crippen LogP contribution in [0.3, 0.4) is 0 Å². The number of nitrogens with zero attached hydrogens (tertiary/aromatic N) is 2. The fourth-order valence-corrected chi connectivity index (χ4v) is 5.33. The summed E-state index contributed by atoms with van der Waals surface area (Å²) in [6.45, 7) is 7.61. The summed E-state index contributed by atoms with van der Waals surface area (Å²) >= 11 is 6.05. The van der Waals surface area contributed by atoms with Gasteiger partial charge in [0.2, 0.25) is 11.8 Å². The highest BCUT2D eigenvalue weighted by Gasteiger charge is 2.32. The van der Waals surface area contributed by atoms with Gasteiger partial charge in [-0.05, 0) is 61.7 Å². The number of carbonyl (C=O) groups is 2. The van der Waals surface area contributed by atoms with Crippen molar-refractivity contribution in [2.45, 2.75) is 45.2 Å². The Morgan fingerprint density at radius 1 is 0.895 bits per heavy atom. The zero-order chi connectivity index (χ0) is 27.9. The standard InChI is InChI=1S/C29H34ClN3O4S/c1-21(2)18-31-29(35)23(4)32(19-24-8-6-5-7-9-24)28(34)20-33(26-14-12-25(30)13-15-26)38(36,37)27-16-10-22(3)11-17-27/h5-17,21,23H,18-20H2,1-4H3,(H,31,35)/t23-/m1/s1. The highest BCUT2D eigenvalue weighted by Crippen LogP contribution is 2.26. The van der Waals surface area contributed by atoms with Gasteiger partial charge >= 0.3 is 0 Å². The Labute approximate surface area is 230 Å². The van der Waals surface area contributed by atoms with E-state index in [1.165, 1.54) is 17.0 Å². The fourth-order valence-electron chi connectivity index (χ4n) is 3.79. The first kappa shape index (κ1) is 29.2. The molecule has 0 saturated heterocycles. The average molecular weight is 556 g/mol. The third-order valence-corrected chi connectivity index (χ3v) is 8.09. The van der Waals surface area contributed by atoms with Crippen molar-refractivity contribution < 1.29 is 18.0 Å². The van der Waals surface area contributed by atoms with Crippen molar-refractivity contribution in [2.75, 3.05) is 17.4 Å². The maximum absolute atomic E-state index is 13.8. The number of hydrogen-bond acceptors (Lipinski definition) is 4. The van der Waals surface area contributed by atoms with Crippen molar-refractivity contribution in [3.05, 3.63) is 95.0 Å². The predicted octanol–water partition coefficient (Wildman–Crippen LogP) is 5.03. The van der Waals surface area contributed by atoms with Crippen molar-refractivity contribution in [1.29, 1.82) is 0 Å². The quantitative estimate of drug-likeness (QED) is 0.359. The minimum Gasteiger partial charge on any atom is -0.354 e. The Morgan fingerprint density at radius 2 is 1.50 bits per heavy atom. The van der Waals surface area contributed by atoms with Crippen LogP contribution in [0.15, 0.2) is 83.8 Å². The van der Waals surface area contributed by atoms with E-state index in [4.69, 9.17) is 11.6 Å². The van der Waals surface area contributed by atoms with E-state index < -0.39 is 28.5 Å². The zero-order valence-electron chi connectivity index (χ0n) is 22.1. The molecule has 0 saturated carbocycles. The molecule has 0 unspecified atom stereocenters. The van der Waals surface area contributed by atoms with Crippen LogP contribution < -0.4 is 9.62 Å². The molecule has 3 aromatic carbocycles. The van der Waals surface area contributed by atoms with Gasteiger partial charge in [-0.1, -0.05) is 73.5 Å². The van der Waals surface area contributed by atoms with E-state index in [-0.39, 0.29) is 23.3 Å². The number of halogens is 1. The molecule has 0 bridgehead atoms. The van der Waals surface area contributed by atoms with Crippen LogP contribution in [0.1, 0.15) is 31.9 Å². The Kier molecular flexibility index (Phi) is 9.94. The summed E-state index contributed by atoms with van der Waals surface area (Å²) in [5.41, 5.74) is 2.03. The number of sulfonamides is 1. The van der Waals surface area contributed by atoms with Crippen LogP contribution in [0.25, 0.3) is 0 Å². The van der Waals surface area contributed by atoms with Crippen LogP contribution in [-0.2, 0) is 26.2 Å². The van der Waals surface area contributed by atoms with Crippen molar-refractivity contribution in [1.82, 2.24) is 10.2 Å². The molecule has 1 N–H and O–H groups in total. The van der Waals surface area contributed by atoms with Gasteiger partial charge in [-0.15, -0.1) is 0 Å². The van der Waals surface area contributed by atoms with Crippen molar-refractivity contribution in [3.63, 3.8) is 0 Å². The highest BCUT2D eigenvalue weighted by molar-refractivity contribution is 7.92. The highest BCUT2D eigenvalue weighted by atomic mass is 35.5. The van der Waals surface area contributed by atoms with Gasteiger partial charge in [0.1, 0.15) is 12.6 Å². The van der Waals surface area contributed by atoms with E-state index in [1.54, 1.807) is 43.3 Å². The number of amides is 2. The molecule has 9 heteroatoms. The molecule has 0 heterocycles. The number of rotatable bonds is 11. The lowest BCUT2D eigenvalue weighted by molar-refractivity contribution is -0.139. The van der Waals surface area contributed by atoms with E-state index >= 15 is 0 Å². The van der Waals surface area contributed by atoms with Crippen molar-refractivity contribution >= 4 is 39.1 Å². The molecule has 0 aliphatic heterocycles. The van der Waals surface area contributed by atoms with Gasteiger partial charge in [-0.2, -0.15) is 0 Å². The van der Waals surface area contributed by atoms with Crippen molar-refractivity contribution in [3.8, 4) is 0 Å². The summed E-state index contributed by atoms with van der Waals surface area (Å²) in [5, 5.41) is 3.32. The summed E-state index contributed by atoms with van der Waals surface area (Å²) in [6, 6.07) is 21.2. The first-order valence-corrected chi connectivity index (χ1v) is 14.3. The Bertz CT molecular complexity index is 1330. The molecule has 7 nitrogen and oxygen atoms in total. The lowest BCUT2D eigenvalue weighted by Gasteiger charge is -2.32. The number of nitrogens with one attached hydrogen (secondary N) is 1. The molecule has 0 aliphatic carbocycles. The number of hydrogen-bond donors (Lipinski definition) is 1. The second kappa shape index (κ2) is 12.9. The van der Waals surface area contributed by atoms with Gasteiger partial charge in [-0.25, -0.2) is 8.42 Å². The maximum Gasteiger partial charge on any atom is 0.264 e. The third kappa shape index (κ3) is 7.58. The molecule has 38 heavy (non-hydrogen) atoms. The number of anilines is 1. The molecule has 202 valence electrons. The first-order valence-electron chi connectivity index (χ1n) is 12.4. The zero-order valence-corrected chi connectivity index (χ0v) is 23.7. The maximum atomic E-state index is 13.8. The molecule has 3 rings (SSSR count). The Balaban J connectivity index is 1.99. The molecule has 0 spiro atoms. The largest absolute Gasteiger partial charge is 0.354 e. The van der Waals surface area contributed by atoms with Gasteiger partial charge < -0.3 is 10.2 Å². The predicted molar refractivity (Wildman–Crippen MR) is 151 cm³/mol. The molecular weight excluding hydrogens is 522 g/mol. The van der Waals surface area contributed by atoms with Gasteiger partial charge in [0.25, 0.3) is 10.0 Å². The van der Waals surface area contributed by atoms with Crippen LogP contribution in [-0.4, -0.2) is 44.3 Å². The average Bonchev–Trinajstić information content (AvgIpc) is 2.89. The molecule has 0 radical (unpaired) electrons. The number of benzene rings is 3. The summed E-state index contributed by atoms with van der Waals surface area (Å²) < 4.78 is 28.6. The smallest absolute Gasteiger partial charge is 0.264 e. The van der Waals surface area contributed by atoms with E-state index in [0.29, 0.717) is 17.3 Å². The first-order chi connectivity index (χ1) is 18.0. The van der Waals surface area contributed by atoms with E-state index in [1.807, 2.05) is 51.1 Å². The topological polar surface area (TPSA) is 86.8 Å². The summed E-state index contributed by atoms with van der Waals surface area (Å²) in [7, 11) is -4.11. The molecule has 1 atom stereocenters. The molecule has 0 fully saturated rings. The summed E-state index contributed by atoms with van der Waals surface area (Å²) in [4.78, 5) is 28.3. The normalized spacial score (nSPS) is 12.2. The minimum atomic E-state index is -4.11. The summed E-state index contributed by atoms with van der Waals surface area (Å²) in [6.07, 6.45) is 0. The van der Waals surface area contributed by atoms with Gasteiger partial charge in [0.05, 0.1) is 10.6 Å². The SMILES string of the molecule is Cc1ccc(S(=O)(=O)N(CC(=O)N(Cc2ccccc2)[C@H](C)C(=O)NCC(C)C)c2ccc(Cl)cc2)cc1. The molecule has 3 aromatic rings. The van der Waals surface area contributed by atoms with Gasteiger partial charge in [0.15, 0.2) is 0 Å². The molecule has 0 aromatic heterocycles. The van der Waals surface area contributed by atoms with Gasteiger partial charge in [-0.3, -0.25) is 13.9 Å². The number of carbonyl (C=O) groups excluding carboxylic acids is 2. The van der Waals surface area contributed by atoms with Crippen molar-refractivity contribution in [2.24, 2.45) is 5.92 Å². The second-order valence-corrected chi connectivity index (χ2v) is 11.9. The van der Waals surface area contributed by atoms with Crippen LogP contribution in [0.4, 0.5) is 5.69 Å². The monoisotopic (exact) mass is 555 g/mol. The third-order valence-electron chi connectivity index (χ3n) is 6.05. The van der Waals surface area contributed by atoms with Crippen LogP contribution in [0, 0.1) is 12.8 Å². The Hall–Kier alpha value is -3.36. The second-order valence-electron chi connectivity index (χ2n) is 9.62. The van der Waals surface area contributed by atoms with E-state index in [0.717, 1.165) is 15.4 Å². The van der Waals surface area contributed by atoms with E-state index in [2.05, 4.69) is 5.32 Å². The molecular formula is C29H34ClN3O4S. The lowest BCUT2D eigenvalue weighted by atomic mass is 10.1. The summed E-state index contributed by atoms with van der Waals surface area (Å²) in [5.74, 6) is -0.571. The lowest BCUT2D eigenvalue weighted by Crippen LogP contribution is -2.51. The fraction of sp³-hybridized carbons (Fsp3) is 0.310. The van der Waals surface area contributed by atoms with Crippen LogP contribution in [0.5, 0.6) is 0 Å². The van der Waals surface area contributed by atoms with Crippen LogP contribution in [0.2, 0.25) is 5.02 Å².